The summed E-state index contributed by atoms with van der Waals surface area (Å²) >= 11 is 1.81. The lowest BCUT2D eigenvalue weighted by Gasteiger charge is -2.22. The number of nitrogens with one attached hydrogen (secondary N) is 1. The molecule has 92 valence electrons. The van der Waals surface area contributed by atoms with Crippen LogP contribution in [-0.4, -0.2) is 52.6 Å². The highest BCUT2D eigenvalue weighted by molar-refractivity contribution is 7.99. The van der Waals surface area contributed by atoms with E-state index < -0.39 is 5.97 Å². The van der Waals surface area contributed by atoms with E-state index in [0.29, 0.717) is 6.54 Å². The maximum Gasteiger partial charge on any atom is 0.323 e. The van der Waals surface area contributed by atoms with Crippen molar-refractivity contribution in [1.82, 2.24) is 10.2 Å². The molecule has 2 amide bonds. The average Bonchev–Trinajstić information content (AvgIpc) is 2.69. The summed E-state index contributed by atoms with van der Waals surface area (Å²) in [6.45, 7) is 2.19. The van der Waals surface area contributed by atoms with E-state index in [2.05, 4.69) is 5.32 Å². The minimum atomic E-state index is -0.968. The minimum absolute atomic E-state index is 0.200. The molecule has 0 radical (unpaired) electrons. The van der Waals surface area contributed by atoms with Crippen LogP contribution in [0, 0.1) is 0 Å². The molecule has 1 heterocycles. The zero-order chi connectivity index (χ0) is 12.0. The molecule has 0 saturated carbocycles. The Labute approximate surface area is 99.6 Å². The molecule has 0 bridgehead atoms. The summed E-state index contributed by atoms with van der Waals surface area (Å²) in [4.78, 5) is 23.7. The van der Waals surface area contributed by atoms with Gasteiger partial charge in [0.1, 0.15) is 6.54 Å². The van der Waals surface area contributed by atoms with Crippen molar-refractivity contribution in [2.75, 3.05) is 24.6 Å². The summed E-state index contributed by atoms with van der Waals surface area (Å²) in [5.41, 5.74) is 0. The number of carbonyl (C=O) groups is 2. The molecule has 1 aliphatic heterocycles. The van der Waals surface area contributed by atoms with E-state index in [4.69, 9.17) is 5.11 Å². The smallest absolute Gasteiger partial charge is 0.323 e. The van der Waals surface area contributed by atoms with Crippen molar-refractivity contribution in [3.8, 4) is 0 Å². The van der Waals surface area contributed by atoms with E-state index in [0.717, 1.165) is 24.3 Å². The van der Waals surface area contributed by atoms with Crippen molar-refractivity contribution in [2.45, 2.75) is 25.8 Å². The molecule has 0 aromatic carbocycles. The van der Waals surface area contributed by atoms with Crippen LogP contribution in [0.1, 0.15) is 19.8 Å². The third kappa shape index (κ3) is 4.30. The monoisotopic (exact) mass is 246 g/mol. The molecule has 0 aliphatic carbocycles. The number of hydrogen-bond donors (Lipinski definition) is 2. The van der Waals surface area contributed by atoms with E-state index in [9.17, 15) is 9.59 Å². The van der Waals surface area contributed by atoms with Crippen molar-refractivity contribution in [3.63, 3.8) is 0 Å². The van der Waals surface area contributed by atoms with Crippen LogP contribution in [0.3, 0.4) is 0 Å². The fraction of sp³-hybridized carbons (Fsp3) is 0.800. The van der Waals surface area contributed by atoms with Crippen molar-refractivity contribution in [1.29, 1.82) is 0 Å². The number of hydrogen-bond acceptors (Lipinski definition) is 3. The molecule has 0 spiro atoms. The van der Waals surface area contributed by atoms with Gasteiger partial charge in [0.2, 0.25) is 0 Å². The van der Waals surface area contributed by atoms with Crippen molar-refractivity contribution in [2.24, 2.45) is 0 Å². The lowest BCUT2D eigenvalue weighted by molar-refractivity contribution is -0.137. The molecule has 16 heavy (non-hydrogen) atoms. The van der Waals surface area contributed by atoms with Crippen LogP contribution in [0.4, 0.5) is 4.79 Å². The number of nitrogens with zero attached hydrogens (tertiary/aromatic N) is 1. The van der Waals surface area contributed by atoms with Gasteiger partial charge in [-0.2, -0.15) is 11.8 Å². The van der Waals surface area contributed by atoms with E-state index in [1.54, 1.807) is 0 Å². The standard InChI is InChI=1S/C10H18N2O3S/c1-2-4-12(6-9(13)14)10(15)11-8-3-5-16-7-8/h8H,2-7H2,1H3,(H,11,15)(H,13,14). The fourth-order valence-electron chi connectivity index (χ4n) is 1.60. The molecule has 6 heteroatoms. The second kappa shape index (κ2) is 6.62. The van der Waals surface area contributed by atoms with Crippen LogP contribution in [0.2, 0.25) is 0 Å². The molecule has 1 saturated heterocycles. The fourth-order valence-corrected chi connectivity index (χ4v) is 2.75. The topological polar surface area (TPSA) is 69.6 Å². The highest BCUT2D eigenvalue weighted by Gasteiger charge is 2.21. The molecule has 2 N–H and O–H groups in total. The molecule has 0 aromatic heterocycles. The normalized spacial score (nSPS) is 19.4. The second-order valence-electron chi connectivity index (χ2n) is 3.83. The van der Waals surface area contributed by atoms with Gasteiger partial charge >= 0.3 is 12.0 Å². The van der Waals surface area contributed by atoms with E-state index in [1.165, 1.54) is 4.90 Å². The Hall–Kier alpha value is -0.910. The van der Waals surface area contributed by atoms with Gasteiger partial charge in [0.25, 0.3) is 0 Å². The molecule has 0 aromatic rings. The van der Waals surface area contributed by atoms with Crippen LogP contribution in [-0.2, 0) is 4.79 Å². The lowest BCUT2D eigenvalue weighted by Crippen LogP contribution is -2.47. The molecule has 1 unspecified atom stereocenters. The number of amides is 2. The second-order valence-corrected chi connectivity index (χ2v) is 4.98. The number of carbonyl (C=O) groups excluding carboxylic acids is 1. The van der Waals surface area contributed by atoms with E-state index in [-0.39, 0.29) is 18.6 Å². The first-order valence-corrected chi connectivity index (χ1v) is 6.64. The lowest BCUT2D eigenvalue weighted by atomic mass is 10.3. The van der Waals surface area contributed by atoms with Crippen LogP contribution >= 0.6 is 11.8 Å². The maximum absolute atomic E-state index is 11.8. The van der Waals surface area contributed by atoms with Gasteiger partial charge in [-0.15, -0.1) is 0 Å². The summed E-state index contributed by atoms with van der Waals surface area (Å²) in [6, 6.07) is -0.0533. The number of thioether (sulfide) groups is 1. The predicted octanol–water partition coefficient (Wildman–Crippen LogP) is 0.998. The molecule has 5 nitrogen and oxygen atoms in total. The van der Waals surface area contributed by atoms with Crippen molar-refractivity contribution >= 4 is 23.8 Å². The van der Waals surface area contributed by atoms with Crippen LogP contribution < -0.4 is 5.32 Å². The average molecular weight is 246 g/mol. The third-order valence-corrected chi connectivity index (χ3v) is 3.53. The van der Waals surface area contributed by atoms with Gasteiger partial charge in [0, 0.05) is 18.3 Å². The van der Waals surface area contributed by atoms with Crippen molar-refractivity contribution < 1.29 is 14.7 Å². The summed E-state index contributed by atoms with van der Waals surface area (Å²) in [5, 5.41) is 11.6. The quantitative estimate of drug-likeness (QED) is 0.759. The van der Waals surface area contributed by atoms with E-state index >= 15 is 0 Å². The number of carboxylic acids is 1. The maximum atomic E-state index is 11.8. The zero-order valence-electron chi connectivity index (χ0n) is 9.44. The third-order valence-electron chi connectivity index (χ3n) is 2.36. The van der Waals surface area contributed by atoms with Crippen molar-refractivity contribution in [3.05, 3.63) is 0 Å². The SMILES string of the molecule is CCCN(CC(=O)O)C(=O)NC1CCSC1. The molecule has 1 aliphatic rings. The van der Waals surface area contributed by atoms with E-state index in [1.807, 2.05) is 18.7 Å². The number of carboxylic acid groups (broad SMARTS) is 1. The molecule has 1 rings (SSSR count). The minimum Gasteiger partial charge on any atom is -0.480 e. The highest BCUT2D eigenvalue weighted by atomic mass is 32.2. The van der Waals surface area contributed by atoms with Crippen LogP contribution in [0.25, 0.3) is 0 Å². The number of rotatable bonds is 5. The Balaban J connectivity index is 2.42. The summed E-state index contributed by atoms with van der Waals surface area (Å²) < 4.78 is 0. The van der Waals surface area contributed by atoms with Gasteiger partial charge < -0.3 is 15.3 Å². The Morgan fingerprint density at radius 3 is 2.81 bits per heavy atom. The first-order chi connectivity index (χ1) is 7.63. The number of urea groups is 1. The largest absolute Gasteiger partial charge is 0.480 e. The Morgan fingerprint density at radius 2 is 2.31 bits per heavy atom. The molecular formula is C10H18N2O3S. The van der Waals surface area contributed by atoms with Gasteiger partial charge in [0.05, 0.1) is 0 Å². The van der Waals surface area contributed by atoms with Gasteiger partial charge in [-0.1, -0.05) is 6.92 Å². The number of aliphatic carboxylic acids is 1. The Bertz CT molecular complexity index is 254. The summed E-state index contributed by atoms with van der Waals surface area (Å²) in [5.74, 6) is 1.03. The van der Waals surface area contributed by atoms with Crippen LogP contribution in [0.5, 0.6) is 0 Å². The predicted molar refractivity (Wildman–Crippen MR) is 63.8 cm³/mol. The zero-order valence-corrected chi connectivity index (χ0v) is 10.3. The van der Waals surface area contributed by atoms with Gasteiger partial charge in [-0.25, -0.2) is 4.79 Å². The first-order valence-electron chi connectivity index (χ1n) is 5.48. The van der Waals surface area contributed by atoms with Gasteiger partial charge in [-0.05, 0) is 18.6 Å². The van der Waals surface area contributed by atoms with Gasteiger partial charge in [-0.3, -0.25) is 4.79 Å². The highest BCUT2D eigenvalue weighted by Crippen LogP contribution is 2.17. The Morgan fingerprint density at radius 1 is 1.56 bits per heavy atom. The molecular weight excluding hydrogens is 228 g/mol. The molecule has 1 atom stereocenters. The first kappa shape index (κ1) is 13.2. The Kier molecular flexibility index (Phi) is 5.45. The molecule has 1 fully saturated rings. The summed E-state index contributed by atoms with van der Waals surface area (Å²) in [7, 11) is 0. The van der Waals surface area contributed by atoms with Gasteiger partial charge in [0.15, 0.2) is 0 Å². The summed E-state index contributed by atoms with van der Waals surface area (Å²) in [6.07, 6.45) is 1.74. The van der Waals surface area contributed by atoms with Crippen LogP contribution in [0.15, 0.2) is 0 Å².